The lowest BCUT2D eigenvalue weighted by Crippen LogP contribution is -2.53. The maximum absolute atomic E-state index is 12.5. The Bertz CT molecular complexity index is 727. The molecule has 4 rings (SSSR count). The van der Waals surface area contributed by atoms with Crippen LogP contribution in [0.5, 0.6) is 0 Å². The zero-order valence-electron chi connectivity index (χ0n) is 14.3. The summed E-state index contributed by atoms with van der Waals surface area (Å²) in [6.07, 6.45) is 2.36. The lowest BCUT2D eigenvalue weighted by atomic mass is 10.1. The molecule has 0 bridgehead atoms. The van der Waals surface area contributed by atoms with Gasteiger partial charge in [-0.15, -0.1) is 0 Å². The van der Waals surface area contributed by atoms with Gasteiger partial charge in [-0.05, 0) is 38.8 Å². The summed E-state index contributed by atoms with van der Waals surface area (Å²) in [4.78, 5) is 16.8. The smallest absolute Gasteiger partial charge is 0.274 e. The standard InChI is InChI=1S/C17H24N6O/c1-12-8-16(19-18-12)17(24)22-7-6-21(13(2)10-22)11-14-9-15-4-3-5-23(15)20-14/h8-9,13H,3-7,10-11H2,1-2H3,(H,18,19)/t13-/m1/s1. The first-order chi connectivity index (χ1) is 11.6. The number of aromatic amines is 1. The van der Waals surface area contributed by atoms with Crippen LogP contribution in [0.25, 0.3) is 0 Å². The molecule has 7 nitrogen and oxygen atoms in total. The number of nitrogens with zero attached hydrogens (tertiary/aromatic N) is 5. The Morgan fingerprint density at radius 2 is 2.21 bits per heavy atom. The van der Waals surface area contributed by atoms with E-state index >= 15 is 0 Å². The van der Waals surface area contributed by atoms with E-state index in [1.807, 2.05) is 17.9 Å². The number of hydrogen-bond donors (Lipinski definition) is 1. The van der Waals surface area contributed by atoms with Crippen LogP contribution in [0.1, 0.15) is 40.9 Å². The predicted octanol–water partition coefficient (Wildman–Crippen LogP) is 1.21. The van der Waals surface area contributed by atoms with E-state index in [4.69, 9.17) is 5.10 Å². The molecule has 4 heterocycles. The van der Waals surface area contributed by atoms with Gasteiger partial charge >= 0.3 is 0 Å². The minimum Gasteiger partial charge on any atom is -0.334 e. The fourth-order valence-corrected chi connectivity index (χ4v) is 3.71. The van der Waals surface area contributed by atoms with Gasteiger partial charge in [-0.25, -0.2) is 0 Å². The van der Waals surface area contributed by atoms with Crippen LogP contribution in [0.3, 0.4) is 0 Å². The van der Waals surface area contributed by atoms with Crippen molar-refractivity contribution in [3.8, 4) is 0 Å². The van der Waals surface area contributed by atoms with Gasteiger partial charge in [0.15, 0.2) is 0 Å². The van der Waals surface area contributed by atoms with Crippen molar-refractivity contribution in [2.24, 2.45) is 0 Å². The van der Waals surface area contributed by atoms with Crippen molar-refractivity contribution in [1.82, 2.24) is 29.8 Å². The molecule has 1 N–H and O–H groups in total. The Morgan fingerprint density at radius 1 is 1.33 bits per heavy atom. The highest BCUT2D eigenvalue weighted by Gasteiger charge is 2.29. The fraction of sp³-hybridized carbons (Fsp3) is 0.588. The van der Waals surface area contributed by atoms with Gasteiger partial charge in [0, 0.05) is 50.2 Å². The van der Waals surface area contributed by atoms with Gasteiger partial charge in [0.2, 0.25) is 0 Å². The van der Waals surface area contributed by atoms with Crippen LogP contribution in [-0.2, 0) is 19.5 Å². The highest BCUT2D eigenvalue weighted by atomic mass is 16.2. The maximum Gasteiger partial charge on any atom is 0.274 e. The van der Waals surface area contributed by atoms with E-state index in [0.29, 0.717) is 11.7 Å². The first-order valence-electron chi connectivity index (χ1n) is 8.71. The van der Waals surface area contributed by atoms with Gasteiger partial charge < -0.3 is 4.90 Å². The third-order valence-electron chi connectivity index (χ3n) is 5.06. The molecular weight excluding hydrogens is 304 g/mol. The number of rotatable bonds is 3. The summed E-state index contributed by atoms with van der Waals surface area (Å²) in [5.74, 6) is 0.0202. The molecule has 2 aliphatic rings. The molecule has 1 amide bonds. The number of piperazine rings is 1. The number of carbonyl (C=O) groups excluding carboxylic acids is 1. The van der Waals surface area contributed by atoms with Crippen LogP contribution in [0.15, 0.2) is 12.1 Å². The Morgan fingerprint density at radius 3 is 2.92 bits per heavy atom. The summed E-state index contributed by atoms with van der Waals surface area (Å²) in [5, 5.41) is 11.6. The zero-order valence-corrected chi connectivity index (χ0v) is 14.3. The average Bonchev–Trinajstić information content (AvgIpc) is 3.24. The topological polar surface area (TPSA) is 70.1 Å². The highest BCUT2D eigenvalue weighted by Crippen LogP contribution is 2.19. The molecule has 1 atom stereocenters. The summed E-state index contributed by atoms with van der Waals surface area (Å²) in [6, 6.07) is 4.37. The number of carbonyl (C=O) groups is 1. The van der Waals surface area contributed by atoms with Crippen molar-refractivity contribution in [2.75, 3.05) is 19.6 Å². The van der Waals surface area contributed by atoms with Gasteiger partial charge in [-0.2, -0.15) is 10.2 Å². The van der Waals surface area contributed by atoms with Crippen LogP contribution >= 0.6 is 0 Å². The van der Waals surface area contributed by atoms with Crippen LogP contribution in [0, 0.1) is 6.92 Å². The van der Waals surface area contributed by atoms with E-state index in [1.54, 1.807) is 0 Å². The Balaban J connectivity index is 1.38. The average molecular weight is 328 g/mol. The lowest BCUT2D eigenvalue weighted by molar-refractivity contribution is 0.0486. The first kappa shape index (κ1) is 15.4. The molecule has 7 heteroatoms. The van der Waals surface area contributed by atoms with E-state index in [1.165, 1.54) is 12.1 Å². The highest BCUT2D eigenvalue weighted by molar-refractivity contribution is 5.92. The van der Waals surface area contributed by atoms with Crippen molar-refractivity contribution in [2.45, 2.75) is 45.8 Å². The van der Waals surface area contributed by atoms with E-state index in [2.05, 4.69) is 32.8 Å². The van der Waals surface area contributed by atoms with Gasteiger partial charge in [-0.3, -0.25) is 19.5 Å². The molecule has 0 radical (unpaired) electrons. The van der Waals surface area contributed by atoms with Crippen LogP contribution < -0.4 is 0 Å². The minimum atomic E-state index is 0.0202. The van der Waals surface area contributed by atoms with Crippen molar-refractivity contribution < 1.29 is 4.79 Å². The molecule has 0 saturated carbocycles. The van der Waals surface area contributed by atoms with Gasteiger partial charge in [0.25, 0.3) is 5.91 Å². The number of hydrogen-bond acceptors (Lipinski definition) is 4. The molecule has 0 spiro atoms. The van der Waals surface area contributed by atoms with Crippen molar-refractivity contribution >= 4 is 5.91 Å². The van der Waals surface area contributed by atoms with Crippen LogP contribution in [0.4, 0.5) is 0 Å². The number of aryl methyl sites for hydroxylation is 3. The second kappa shape index (κ2) is 6.05. The number of amides is 1. The first-order valence-corrected chi connectivity index (χ1v) is 8.71. The molecule has 0 aliphatic carbocycles. The number of fused-ring (bicyclic) bond motifs is 1. The molecule has 2 aromatic rings. The van der Waals surface area contributed by atoms with Gasteiger partial charge in [-0.1, -0.05) is 0 Å². The Hall–Kier alpha value is -2.15. The maximum atomic E-state index is 12.5. The van der Waals surface area contributed by atoms with Crippen molar-refractivity contribution in [3.05, 3.63) is 34.9 Å². The Kier molecular flexibility index (Phi) is 3.88. The van der Waals surface area contributed by atoms with E-state index in [0.717, 1.165) is 50.5 Å². The molecule has 2 aromatic heterocycles. The molecule has 1 saturated heterocycles. The number of nitrogens with one attached hydrogen (secondary N) is 1. The Labute approximate surface area is 141 Å². The van der Waals surface area contributed by atoms with Crippen molar-refractivity contribution in [3.63, 3.8) is 0 Å². The molecule has 2 aliphatic heterocycles. The monoisotopic (exact) mass is 328 g/mol. The summed E-state index contributed by atoms with van der Waals surface area (Å²) in [5.41, 5.74) is 3.94. The zero-order chi connectivity index (χ0) is 16.7. The largest absolute Gasteiger partial charge is 0.334 e. The molecule has 24 heavy (non-hydrogen) atoms. The summed E-state index contributed by atoms with van der Waals surface area (Å²) in [6.45, 7) is 8.35. The predicted molar refractivity (Wildman–Crippen MR) is 89.6 cm³/mol. The van der Waals surface area contributed by atoms with Crippen LogP contribution in [0.2, 0.25) is 0 Å². The minimum absolute atomic E-state index is 0.0202. The third kappa shape index (κ3) is 2.84. The molecule has 128 valence electrons. The van der Waals surface area contributed by atoms with Crippen LogP contribution in [-0.4, -0.2) is 61.4 Å². The number of H-pyrrole nitrogens is 1. The quantitative estimate of drug-likeness (QED) is 0.919. The van der Waals surface area contributed by atoms with Gasteiger partial charge in [0.1, 0.15) is 5.69 Å². The second-order valence-electron chi connectivity index (χ2n) is 6.96. The van der Waals surface area contributed by atoms with E-state index in [9.17, 15) is 4.79 Å². The summed E-state index contributed by atoms with van der Waals surface area (Å²) >= 11 is 0. The third-order valence-corrected chi connectivity index (χ3v) is 5.06. The fourth-order valence-electron chi connectivity index (χ4n) is 3.71. The SMILES string of the molecule is Cc1cc(C(=O)N2CCN(Cc3cc4n(n3)CCC4)[C@H](C)C2)n[nH]1. The van der Waals surface area contributed by atoms with E-state index in [-0.39, 0.29) is 5.91 Å². The summed E-state index contributed by atoms with van der Waals surface area (Å²) in [7, 11) is 0. The molecule has 1 fully saturated rings. The normalized spacial score (nSPS) is 21.2. The molecule has 0 aromatic carbocycles. The number of aromatic nitrogens is 4. The summed E-state index contributed by atoms with van der Waals surface area (Å²) < 4.78 is 2.14. The molecular formula is C17H24N6O. The van der Waals surface area contributed by atoms with Crippen molar-refractivity contribution in [1.29, 1.82) is 0 Å². The van der Waals surface area contributed by atoms with Gasteiger partial charge in [0.05, 0.1) is 5.69 Å². The lowest BCUT2D eigenvalue weighted by Gasteiger charge is -2.39. The van der Waals surface area contributed by atoms with E-state index < -0.39 is 0 Å². The molecule has 0 unspecified atom stereocenters. The second-order valence-corrected chi connectivity index (χ2v) is 6.96.